The zero-order valence-electron chi connectivity index (χ0n) is 12.3. The van der Waals surface area contributed by atoms with Crippen LogP contribution in [0.4, 0.5) is 4.79 Å². The molecule has 9 nitrogen and oxygen atoms in total. The number of rotatable bonds is 3. The van der Waals surface area contributed by atoms with E-state index in [4.69, 9.17) is 4.74 Å². The van der Waals surface area contributed by atoms with Gasteiger partial charge in [-0.15, -0.1) is 0 Å². The smallest absolute Gasteiger partial charge is 0.408 e. The van der Waals surface area contributed by atoms with Crippen LogP contribution < -0.4 is 5.32 Å². The van der Waals surface area contributed by atoms with Crippen LogP contribution in [-0.4, -0.2) is 45.5 Å². The summed E-state index contributed by atoms with van der Waals surface area (Å²) in [4.78, 5) is 48.5. The minimum absolute atomic E-state index is 0.212. The maximum atomic E-state index is 11.7. The molecule has 0 spiro atoms. The van der Waals surface area contributed by atoms with Gasteiger partial charge in [0.1, 0.15) is 16.5 Å². The first-order chi connectivity index (χ1) is 9.45. The molecule has 0 aromatic rings. The molecule has 1 fully saturated rings. The summed E-state index contributed by atoms with van der Waals surface area (Å²) in [5.74, 6) is -3.00. The second-order valence-corrected chi connectivity index (χ2v) is 5.64. The number of hydroxylamine groups is 4. The predicted molar refractivity (Wildman–Crippen MR) is 66.2 cm³/mol. The second kappa shape index (κ2) is 5.78. The van der Waals surface area contributed by atoms with E-state index in [1.165, 1.54) is 6.92 Å². The average Bonchev–Trinajstić information content (AvgIpc) is 2.54. The van der Waals surface area contributed by atoms with Gasteiger partial charge in [-0.3, -0.25) is 0 Å². The zero-order valence-corrected chi connectivity index (χ0v) is 12.3. The van der Waals surface area contributed by atoms with Crippen LogP contribution in [0.1, 0.15) is 40.5 Å². The maximum absolute atomic E-state index is 11.7. The summed E-state index contributed by atoms with van der Waals surface area (Å²) in [6.45, 7) is 6.20. The fourth-order valence-electron chi connectivity index (χ4n) is 1.51. The molecular formula is C12H19N2O7+. The van der Waals surface area contributed by atoms with Crippen LogP contribution in [0.25, 0.3) is 0 Å². The van der Waals surface area contributed by atoms with E-state index >= 15 is 0 Å². The second-order valence-electron chi connectivity index (χ2n) is 5.64. The molecule has 1 saturated heterocycles. The van der Waals surface area contributed by atoms with Crippen LogP contribution in [0.3, 0.4) is 0 Å². The Hall–Kier alpha value is -2.00. The van der Waals surface area contributed by atoms with Crippen molar-refractivity contribution in [2.45, 2.75) is 52.2 Å². The van der Waals surface area contributed by atoms with E-state index in [9.17, 15) is 24.4 Å². The Balaban J connectivity index is 2.61. The van der Waals surface area contributed by atoms with Crippen molar-refractivity contribution in [2.75, 3.05) is 0 Å². The summed E-state index contributed by atoms with van der Waals surface area (Å²) < 4.78 is 4.94. The molecule has 1 aliphatic heterocycles. The Bertz CT molecular complexity index is 464. The number of hydrogen-bond acceptors (Lipinski definition) is 7. The van der Waals surface area contributed by atoms with E-state index in [2.05, 4.69) is 10.2 Å². The van der Waals surface area contributed by atoms with Crippen molar-refractivity contribution in [3.63, 3.8) is 0 Å². The number of carbonyl (C=O) groups excluding carboxylic acids is 4. The van der Waals surface area contributed by atoms with Gasteiger partial charge >= 0.3 is 23.9 Å². The van der Waals surface area contributed by atoms with Crippen LogP contribution in [-0.2, 0) is 24.0 Å². The van der Waals surface area contributed by atoms with Gasteiger partial charge in [-0.2, -0.15) is 5.21 Å². The van der Waals surface area contributed by atoms with Gasteiger partial charge in [0.2, 0.25) is 0 Å². The number of alkyl carbamates (subject to hydrolysis) is 1. The number of nitrogens with zero attached hydrogens (tertiary/aromatic N) is 1. The van der Waals surface area contributed by atoms with E-state index in [1.54, 1.807) is 20.8 Å². The maximum Gasteiger partial charge on any atom is 0.408 e. The lowest BCUT2D eigenvalue weighted by molar-refractivity contribution is -1.12. The highest BCUT2D eigenvalue weighted by Gasteiger charge is 2.55. The third-order valence-corrected chi connectivity index (χ3v) is 2.54. The standard InChI is InChI=1S/C12H18N2O7/c1-7(13-11(18)20-12(2,3)4)10(17)21-14(19)8(15)5-6-9(14)16/h7,19H,5-6H2,1-4H3/p+1/t7-/m0/s1. The molecule has 2 N–H and O–H groups in total. The van der Waals surface area contributed by atoms with E-state index in [1.807, 2.05) is 0 Å². The Morgan fingerprint density at radius 1 is 1.24 bits per heavy atom. The number of quaternary nitrogens is 1. The van der Waals surface area contributed by atoms with Gasteiger partial charge in [-0.1, -0.05) is 0 Å². The van der Waals surface area contributed by atoms with Gasteiger partial charge in [0, 0.05) is 0 Å². The Labute approximate surface area is 121 Å². The summed E-state index contributed by atoms with van der Waals surface area (Å²) in [6.07, 6.45) is -1.29. The molecule has 0 bridgehead atoms. The van der Waals surface area contributed by atoms with Gasteiger partial charge in [0.05, 0.1) is 12.8 Å². The van der Waals surface area contributed by atoms with Crippen LogP contribution >= 0.6 is 0 Å². The van der Waals surface area contributed by atoms with Gasteiger partial charge in [0.15, 0.2) is 0 Å². The lowest BCUT2D eigenvalue weighted by atomic mass is 10.2. The van der Waals surface area contributed by atoms with Crippen LogP contribution in [0.2, 0.25) is 0 Å². The monoisotopic (exact) mass is 303 g/mol. The number of ether oxygens (including phenoxy) is 1. The van der Waals surface area contributed by atoms with E-state index in [0.29, 0.717) is 0 Å². The average molecular weight is 303 g/mol. The fourth-order valence-corrected chi connectivity index (χ4v) is 1.51. The molecule has 1 atom stereocenters. The van der Waals surface area contributed by atoms with E-state index in [0.717, 1.165) is 0 Å². The summed E-state index contributed by atoms with van der Waals surface area (Å²) in [7, 11) is 0. The molecule has 0 aromatic carbocycles. The lowest BCUT2D eigenvalue weighted by Crippen LogP contribution is -2.54. The largest absolute Gasteiger partial charge is 0.444 e. The molecule has 9 heteroatoms. The highest BCUT2D eigenvalue weighted by atomic mass is 17.0. The minimum atomic E-state index is -2.01. The Morgan fingerprint density at radius 2 is 1.71 bits per heavy atom. The van der Waals surface area contributed by atoms with Gasteiger partial charge in [0.25, 0.3) is 0 Å². The topological polar surface area (TPSA) is 119 Å². The summed E-state index contributed by atoms with van der Waals surface area (Å²) in [6, 6.07) is -1.21. The molecule has 21 heavy (non-hydrogen) atoms. The van der Waals surface area contributed by atoms with Crippen LogP contribution in [0.15, 0.2) is 0 Å². The molecule has 118 valence electrons. The molecule has 0 aliphatic carbocycles. The minimum Gasteiger partial charge on any atom is -0.444 e. The number of imide groups is 1. The van der Waals surface area contributed by atoms with Crippen molar-refractivity contribution in [3.8, 4) is 0 Å². The van der Waals surface area contributed by atoms with Crippen molar-refractivity contribution in [3.05, 3.63) is 0 Å². The van der Waals surface area contributed by atoms with Gasteiger partial charge < -0.3 is 10.1 Å². The van der Waals surface area contributed by atoms with Gasteiger partial charge in [-0.05, 0) is 27.7 Å². The molecule has 3 amide bonds. The van der Waals surface area contributed by atoms with Crippen LogP contribution in [0, 0.1) is 0 Å². The number of hydrogen-bond donors (Lipinski definition) is 2. The van der Waals surface area contributed by atoms with Crippen molar-refractivity contribution in [1.29, 1.82) is 0 Å². The summed E-state index contributed by atoms with van der Waals surface area (Å²) in [5, 5.41) is 11.9. The number of carbonyl (C=O) groups is 4. The summed E-state index contributed by atoms with van der Waals surface area (Å²) in [5.41, 5.74) is -0.751. The highest BCUT2D eigenvalue weighted by molar-refractivity contribution is 5.91. The molecule has 0 unspecified atom stereocenters. The van der Waals surface area contributed by atoms with Crippen LogP contribution in [0.5, 0.6) is 0 Å². The Morgan fingerprint density at radius 3 is 2.14 bits per heavy atom. The van der Waals surface area contributed by atoms with Gasteiger partial charge in [-0.25, -0.2) is 24.0 Å². The molecule has 0 radical (unpaired) electrons. The SMILES string of the molecule is C[C@H](NC(=O)OC(C)(C)C)C(=O)O[N+]1(O)C(=O)CCC1=O. The fraction of sp³-hybridized carbons (Fsp3) is 0.667. The predicted octanol–water partition coefficient (Wildman–Crippen LogP) is 0.411. The normalized spacial score (nSPS) is 19.1. The van der Waals surface area contributed by atoms with E-state index in [-0.39, 0.29) is 12.8 Å². The number of nitrogens with one attached hydrogen (secondary N) is 1. The summed E-state index contributed by atoms with van der Waals surface area (Å²) >= 11 is 0. The first-order valence-corrected chi connectivity index (χ1v) is 6.37. The lowest BCUT2D eigenvalue weighted by Gasteiger charge is -2.22. The quantitative estimate of drug-likeness (QED) is 0.440. The molecule has 0 aromatic heterocycles. The molecule has 1 heterocycles. The van der Waals surface area contributed by atoms with Crippen molar-refractivity contribution < 1.29 is 38.8 Å². The molecule has 1 rings (SSSR count). The molecular weight excluding hydrogens is 284 g/mol. The highest BCUT2D eigenvalue weighted by Crippen LogP contribution is 2.21. The third-order valence-electron chi connectivity index (χ3n) is 2.54. The first-order valence-electron chi connectivity index (χ1n) is 6.37. The van der Waals surface area contributed by atoms with E-state index < -0.39 is 40.3 Å². The van der Waals surface area contributed by atoms with Crippen molar-refractivity contribution in [1.82, 2.24) is 5.32 Å². The molecule has 0 saturated carbocycles. The number of amides is 3. The Kier molecular flexibility index (Phi) is 4.69. The van der Waals surface area contributed by atoms with Crippen molar-refractivity contribution in [2.24, 2.45) is 0 Å². The third kappa shape index (κ3) is 4.23. The molecule has 1 aliphatic rings. The first kappa shape index (κ1) is 17.1. The van der Waals surface area contributed by atoms with Crippen molar-refractivity contribution >= 4 is 23.9 Å². The zero-order chi connectivity index (χ0) is 16.4.